The van der Waals surface area contributed by atoms with Crippen molar-refractivity contribution in [3.05, 3.63) is 29.6 Å². The van der Waals surface area contributed by atoms with Gasteiger partial charge >= 0.3 is 0 Å². The maximum absolute atomic E-state index is 13.7. The number of hydrogen-bond acceptors (Lipinski definition) is 2. The van der Waals surface area contributed by atoms with Crippen molar-refractivity contribution in [2.75, 3.05) is 7.11 Å². The molecule has 1 fully saturated rings. The highest BCUT2D eigenvalue weighted by Crippen LogP contribution is 2.38. The third-order valence-electron chi connectivity index (χ3n) is 3.89. The summed E-state index contributed by atoms with van der Waals surface area (Å²) in [4.78, 5) is 0. The van der Waals surface area contributed by atoms with Crippen molar-refractivity contribution in [1.29, 1.82) is 0 Å². The standard InChI is InChI=1S/C14H20FNO/c1-10-5-7-14(16,8-6-10)11-3-4-13(17-2)12(15)9-11/h3-4,9-10H,5-8,16H2,1-2H3. The van der Waals surface area contributed by atoms with Crippen LogP contribution in [0, 0.1) is 11.7 Å². The van der Waals surface area contributed by atoms with Crippen LogP contribution in [0.25, 0.3) is 0 Å². The molecule has 0 atom stereocenters. The van der Waals surface area contributed by atoms with Crippen molar-refractivity contribution in [2.45, 2.75) is 38.1 Å². The number of benzene rings is 1. The molecule has 0 radical (unpaired) electrons. The van der Waals surface area contributed by atoms with Crippen LogP contribution in [-0.2, 0) is 5.54 Å². The summed E-state index contributed by atoms with van der Waals surface area (Å²) in [6.45, 7) is 2.24. The third kappa shape index (κ3) is 2.44. The fourth-order valence-corrected chi connectivity index (χ4v) is 2.54. The lowest BCUT2D eigenvalue weighted by Gasteiger charge is -2.36. The van der Waals surface area contributed by atoms with Crippen molar-refractivity contribution >= 4 is 0 Å². The van der Waals surface area contributed by atoms with Gasteiger partial charge in [-0.1, -0.05) is 13.0 Å². The van der Waals surface area contributed by atoms with E-state index in [0.717, 1.165) is 37.2 Å². The molecule has 0 aliphatic heterocycles. The van der Waals surface area contributed by atoms with Gasteiger partial charge in [0.1, 0.15) is 0 Å². The zero-order chi connectivity index (χ0) is 12.5. The van der Waals surface area contributed by atoms with Gasteiger partial charge in [-0.25, -0.2) is 4.39 Å². The summed E-state index contributed by atoms with van der Waals surface area (Å²) in [5, 5.41) is 0. The van der Waals surface area contributed by atoms with Gasteiger partial charge in [-0.15, -0.1) is 0 Å². The summed E-state index contributed by atoms with van der Waals surface area (Å²) in [5.74, 6) is 0.685. The Morgan fingerprint density at radius 3 is 2.53 bits per heavy atom. The Balaban J connectivity index is 2.24. The van der Waals surface area contributed by atoms with E-state index in [2.05, 4.69) is 6.92 Å². The fraction of sp³-hybridized carbons (Fsp3) is 0.571. The van der Waals surface area contributed by atoms with Crippen molar-refractivity contribution in [3.8, 4) is 5.75 Å². The summed E-state index contributed by atoms with van der Waals surface area (Å²) in [7, 11) is 1.47. The summed E-state index contributed by atoms with van der Waals surface area (Å²) in [6.07, 6.45) is 4.09. The molecule has 17 heavy (non-hydrogen) atoms. The van der Waals surface area contributed by atoms with E-state index in [1.165, 1.54) is 13.2 Å². The van der Waals surface area contributed by atoms with Crippen LogP contribution in [0.4, 0.5) is 4.39 Å². The van der Waals surface area contributed by atoms with E-state index in [-0.39, 0.29) is 17.1 Å². The minimum absolute atomic E-state index is 0.279. The molecular formula is C14H20FNO. The van der Waals surface area contributed by atoms with Gasteiger partial charge in [-0.2, -0.15) is 0 Å². The Morgan fingerprint density at radius 1 is 1.35 bits per heavy atom. The van der Waals surface area contributed by atoms with Crippen molar-refractivity contribution < 1.29 is 9.13 Å². The summed E-state index contributed by atoms with van der Waals surface area (Å²) >= 11 is 0. The molecule has 0 saturated heterocycles. The molecule has 0 bridgehead atoms. The third-order valence-corrected chi connectivity index (χ3v) is 3.89. The van der Waals surface area contributed by atoms with Gasteiger partial charge in [-0.3, -0.25) is 0 Å². The Labute approximate surface area is 102 Å². The molecule has 2 rings (SSSR count). The summed E-state index contributed by atoms with van der Waals surface area (Å²) in [5.41, 5.74) is 6.93. The van der Waals surface area contributed by atoms with E-state index in [4.69, 9.17) is 10.5 Å². The number of hydrogen-bond donors (Lipinski definition) is 1. The molecule has 2 N–H and O–H groups in total. The first kappa shape index (κ1) is 12.4. The molecule has 94 valence electrons. The van der Waals surface area contributed by atoms with Gasteiger partial charge in [0.05, 0.1) is 7.11 Å². The molecule has 2 nitrogen and oxygen atoms in total. The lowest BCUT2D eigenvalue weighted by Crippen LogP contribution is -2.40. The van der Waals surface area contributed by atoms with E-state index < -0.39 is 0 Å². The van der Waals surface area contributed by atoms with E-state index in [1.807, 2.05) is 6.07 Å². The van der Waals surface area contributed by atoms with Gasteiger partial charge in [0.25, 0.3) is 0 Å². The van der Waals surface area contributed by atoms with E-state index >= 15 is 0 Å². The van der Waals surface area contributed by atoms with Crippen molar-refractivity contribution in [3.63, 3.8) is 0 Å². The van der Waals surface area contributed by atoms with E-state index in [1.54, 1.807) is 6.07 Å². The molecular weight excluding hydrogens is 217 g/mol. The fourth-order valence-electron chi connectivity index (χ4n) is 2.54. The first-order chi connectivity index (χ1) is 8.05. The van der Waals surface area contributed by atoms with E-state index in [9.17, 15) is 4.39 Å². The molecule has 1 aliphatic carbocycles. The lowest BCUT2D eigenvalue weighted by molar-refractivity contribution is 0.247. The molecule has 0 heterocycles. The van der Waals surface area contributed by atoms with Crippen LogP contribution in [0.1, 0.15) is 38.2 Å². The zero-order valence-corrected chi connectivity index (χ0v) is 10.5. The molecule has 0 aromatic heterocycles. The number of halogens is 1. The maximum atomic E-state index is 13.7. The number of rotatable bonds is 2. The Bertz CT molecular complexity index is 397. The van der Waals surface area contributed by atoms with Crippen LogP contribution in [0.5, 0.6) is 5.75 Å². The first-order valence-corrected chi connectivity index (χ1v) is 6.18. The lowest BCUT2D eigenvalue weighted by atomic mass is 9.74. The van der Waals surface area contributed by atoms with Gasteiger partial charge in [0, 0.05) is 5.54 Å². The normalized spacial score (nSPS) is 29.1. The zero-order valence-electron chi connectivity index (χ0n) is 10.5. The highest BCUT2D eigenvalue weighted by atomic mass is 19.1. The highest BCUT2D eigenvalue weighted by Gasteiger charge is 2.32. The predicted molar refractivity (Wildman–Crippen MR) is 66.4 cm³/mol. The van der Waals surface area contributed by atoms with Crippen LogP contribution in [0.3, 0.4) is 0 Å². The minimum Gasteiger partial charge on any atom is -0.494 e. The second-order valence-electron chi connectivity index (χ2n) is 5.19. The minimum atomic E-state index is -0.361. The van der Waals surface area contributed by atoms with Crippen LogP contribution < -0.4 is 10.5 Å². The number of methoxy groups -OCH3 is 1. The molecule has 1 aromatic carbocycles. The average Bonchev–Trinajstić information content (AvgIpc) is 2.33. The van der Waals surface area contributed by atoms with Crippen LogP contribution in [-0.4, -0.2) is 7.11 Å². The Kier molecular flexibility index (Phi) is 3.38. The van der Waals surface area contributed by atoms with Crippen molar-refractivity contribution in [1.82, 2.24) is 0 Å². The molecule has 1 aliphatic rings. The van der Waals surface area contributed by atoms with Crippen LogP contribution in [0.2, 0.25) is 0 Å². The van der Waals surface area contributed by atoms with Gasteiger partial charge in [0.15, 0.2) is 11.6 Å². The van der Waals surface area contributed by atoms with Crippen molar-refractivity contribution in [2.24, 2.45) is 11.7 Å². The molecule has 0 amide bonds. The number of ether oxygens (including phenoxy) is 1. The monoisotopic (exact) mass is 237 g/mol. The second kappa shape index (κ2) is 4.65. The summed E-state index contributed by atoms with van der Waals surface area (Å²) in [6, 6.07) is 5.07. The predicted octanol–water partition coefficient (Wildman–Crippen LogP) is 3.20. The average molecular weight is 237 g/mol. The Morgan fingerprint density at radius 2 is 2.00 bits per heavy atom. The van der Waals surface area contributed by atoms with Gasteiger partial charge in [-0.05, 0) is 49.3 Å². The van der Waals surface area contributed by atoms with Gasteiger partial charge in [0.2, 0.25) is 0 Å². The highest BCUT2D eigenvalue weighted by molar-refractivity contribution is 5.33. The molecule has 3 heteroatoms. The molecule has 0 unspecified atom stereocenters. The maximum Gasteiger partial charge on any atom is 0.165 e. The summed E-state index contributed by atoms with van der Waals surface area (Å²) < 4.78 is 18.6. The molecule has 1 saturated carbocycles. The van der Waals surface area contributed by atoms with Crippen LogP contribution >= 0.6 is 0 Å². The largest absolute Gasteiger partial charge is 0.494 e. The quantitative estimate of drug-likeness (QED) is 0.857. The number of nitrogens with two attached hydrogens (primary N) is 1. The van der Waals surface area contributed by atoms with E-state index in [0.29, 0.717) is 0 Å². The van der Waals surface area contributed by atoms with Crippen LogP contribution in [0.15, 0.2) is 18.2 Å². The molecule has 0 spiro atoms. The first-order valence-electron chi connectivity index (χ1n) is 6.18. The second-order valence-corrected chi connectivity index (χ2v) is 5.19. The SMILES string of the molecule is COc1ccc(C2(N)CCC(C)CC2)cc1F. The van der Waals surface area contributed by atoms with Gasteiger partial charge < -0.3 is 10.5 Å². The topological polar surface area (TPSA) is 35.2 Å². The smallest absolute Gasteiger partial charge is 0.165 e. The Hall–Kier alpha value is -1.09. The molecule has 1 aromatic rings.